The second-order valence-electron chi connectivity index (χ2n) is 6.27. The summed E-state index contributed by atoms with van der Waals surface area (Å²) in [7, 11) is 0. The number of hydrogen-bond acceptors (Lipinski definition) is 2. The maximum atomic E-state index is 12.4. The van der Waals surface area contributed by atoms with Crippen LogP contribution in [0.5, 0.6) is 0 Å². The zero-order valence-electron chi connectivity index (χ0n) is 12.6. The lowest BCUT2D eigenvalue weighted by Gasteiger charge is -2.27. The van der Waals surface area contributed by atoms with Crippen LogP contribution in [0, 0.1) is 5.92 Å². The highest BCUT2D eigenvalue weighted by Crippen LogP contribution is 2.34. The van der Waals surface area contributed by atoms with E-state index < -0.39 is 5.54 Å². The summed E-state index contributed by atoms with van der Waals surface area (Å²) in [6.07, 6.45) is 4.98. The largest absolute Gasteiger partial charge is 0.351 e. The number of amides is 1. The third-order valence-corrected chi connectivity index (χ3v) is 4.09. The fraction of sp³-hybridized carbons (Fsp3) is 0.588. The fourth-order valence-corrected chi connectivity index (χ4v) is 2.67. The first-order valence-electron chi connectivity index (χ1n) is 7.66. The van der Waals surface area contributed by atoms with Gasteiger partial charge in [0.2, 0.25) is 5.91 Å². The Kier molecular flexibility index (Phi) is 4.81. The van der Waals surface area contributed by atoms with Crippen molar-refractivity contribution in [2.24, 2.45) is 11.7 Å². The van der Waals surface area contributed by atoms with Crippen LogP contribution in [-0.2, 0) is 11.2 Å². The van der Waals surface area contributed by atoms with E-state index >= 15 is 0 Å². The predicted molar refractivity (Wildman–Crippen MR) is 82.3 cm³/mol. The molecule has 0 aliphatic heterocycles. The molecule has 0 bridgehead atoms. The van der Waals surface area contributed by atoms with Gasteiger partial charge in [-0.3, -0.25) is 4.79 Å². The van der Waals surface area contributed by atoms with Gasteiger partial charge in [0.25, 0.3) is 0 Å². The van der Waals surface area contributed by atoms with Crippen LogP contribution in [-0.4, -0.2) is 17.5 Å². The van der Waals surface area contributed by atoms with Crippen LogP contribution < -0.4 is 11.1 Å². The first-order chi connectivity index (χ1) is 9.53. The third kappa shape index (κ3) is 4.07. The molecule has 1 aromatic carbocycles. The van der Waals surface area contributed by atoms with Gasteiger partial charge in [-0.05, 0) is 44.1 Å². The Morgan fingerprint density at radius 3 is 2.60 bits per heavy atom. The highest BCUT2D eigenvalue weighted by Gasteiger charge is 2.35. The van der Waals surface area contributed by atoms with E-state index in [4.69, 9.17) is 5.73 Å². The number of carbonyl (C=O) groups is 1. The Labute approximate surface area is 121 Å². The zero-order valence-corrected chi connectivity index (χ0v) is 12.6. The SMILES string of the molecule is CCCC(C)(N)C(=O)NC(Cc1ccccc1)C1CC1. The molecule has 2 rings (SSSR count). The summed E-state index contributed by atoms with van der Waals surface area (Å²) >= 11 is 0. The van der Waals surface area contributed by atoms with Crippen LogP contribution in [0.25, 0.3) is 0 Å². The molecule has 0 radical (unpaired) electrons. The van der Waals surface area contributed by atoms with Gasteiger partial charge in [-0.2, -0.15) is 0 Å². The van der Waals surface area contributed by atoms with Crippen molar-refractivity contribution < 1.29 is 4.79 Å². The van der Waals surface area contributed by atoms with Crippen LogP contribution in [0.1, 0.15) is 45.1 Å². The monoisotopic (exact) mass is 274 g/mol. The van der Waals surface area contributed by atoms with Crippen molar-refractivity contribution in [2.75, 3.05) is 0 Å². The van der Waals surface area contributed by atoms with Crippen LogP contribution in [0.2, 0.25) is 0 Å². The summed E-state index contributed by atoms with van der Waals surface area (Å²) in [5.74, 6) is 0.615. The lowest BCUT2D eigenvalue weighted by Crippen LogP contribution is -2.55. The smallest absolute Gasteiger partial charge is 0.240 e. The molecule has 1 aromatic rings. The molecule has 1 fully saturated rings. The van der Waals surface area contributed by atoms with Gasteiger partial charge >= 0.3 is 0 Å². The molecule has 0 saturated heterocycles. The molecule has 110 valence electrons. The summed E-state index contributed by atoms with van der Waals surface area (Å²) in [4.78, 5) is 12.4. The maximum absolute atomic E-state index is 12.4. The molecule has 2 atom stereocenters. The molecule has 2 unspecified atom stereocenters. The molecule has 3 N–H and O–H groups in total. The van der Waals surface area contributed by atoms with Crippen LogP contribution in [0.3, 0.4) is 0 Å². The Morgan fingerprint density at radius 2 is 2.05 bits per heavy atom. The van der Waals surface area contributed by atoms with E-state index in [0.29, 0.717) is 5.92 Å². The highest BCUT2D eigenvalue weighted by molar-refractivity contribution is 5.85. The summed E-state index contributed by atoms with van der Waals surface area (Å²) in [5.41, 5.74) is 6.65. The molecule has 1 aliphatic carbocycles. The molecule has 0 spiro atoms. The van der Waals surface area contributed by atoms with Crippen molar-refractivity contribution >= 4 is 5.91 Å². The van der Waals surface area contributed by atoms with Gasteiger partial charge in [0.05, 0.1) is 5.54 Å². The van der Waals surface area contributed by atoms with Gasteiger partial charge in [-0.15, -0.1) is 0 Å². The first kappa shape index (κ1) is 15.0. The van der Waals surface area contributed by atoms with Gasteiger partial charge in [-0.25, -0.2) is 0 Å². The molecule has 3 nitrogen and oxygen atoms in total. The van der Waals surface area contributed by atoms with Crippen LogP contribution in [0.15, 0.2) is 30.3 Å². The summed E-state index contributed by atoms with van der Waals surface area (Å²) in [6.45, 7) is 3.89. The third-order valence-electron chi connectivity index (χ3n) is 4.09. The molecule has 0 heterocycles. The minimum atomic E-state index is -0.751. The van der Waals surface area contributed by atoms with Crippen molar-refractivity contribution in [1.29, 1.82) is 0 Å². The number of nitrogens with two attached hydrogens (primary N) is 1. The molecule has 1 aliphatic rings. The number of carbonyl (C=O) groups excluding carboxylic acids is 1. The minimum Gasteiger partial charge on any atom is -0.351 e. The number of nitrogens with one attached hydrogen (secondary N) is 1. The van der Waals surface area contributed by atoms with E-state index in [9.17, 15) is 4.79 Å². The van der Waals surface area contributed by atoms with E-state index in [-0.39, 0.29) is 11.9 Å². The predicted octanol–water partition coefficient (Wildman–Crippen LogP) is 2.64. The van der Waals surface area contributed by atoms with Crippen molar-refractivity contribution in [2.45, 2.75) is 57.5 Å². The second-order valence-corrected chi connectivity index (χ2v) is 6.27. The number of hydrogen-bond donors (Lipinski definition) is 2. The highest BCUT2D eigenvalue weighted by atomic mass is 16.2. The first-order valence-corrected chi connectivity index (χ1v) is 7.66. The molecule has 0 aromatic heterocycles. The number of benzene rings is 1. The van der Waals surface area contributed by atoms with Gasteiger partial charge in [0.1, 0.15) is 0 Å². The fourth-order valence-electron chi connectivity index (χ4n) is 2.67. The molecule has 3 heteroatoms. The van der Waals surface area contributed by atoms with Gasteiger partial charge in [-0.1, -0.05) is 43.7 Å². The van der Waals surface area contributed by atoms with Gasteiger partial charge < -0.3 is 11.1 Å². The average molecular weight is 274 g/mol. The van der Waals surface area contributed by atoms with Crippen molar-refractivity contribution in [3.8, 4) is 0 Å². The zero-order chi connectivity index (χ0) is 14.6. The minimum absolute atomic E-state index is 0.00724. The average Bonchev–Trinajstić information content (AvgIpc) is 3.23. The Morgan fingerprint density at radius 1 is 1.40 bits per heavy atom. The molecule has 20 heavy (non-hydrogen) atoms. The maximum Gasteiger partial charge on any atom is 0.240 e. The molecule has 1 amide bonds. The molecule has 1 saturated carbocycles. The summed E-state index contributed by atoms with van der Waals surface area (Å²) < 4.78 is 0. The van der Waals surface area contributed by atoms with Crippen molar-refractivity contribution in [3.63, 3.8) is 0 Å². The standard InChI is InChI=1S/C17H26N2O/c1-3-11-17(2,18)16(20)19-15(14-9-10-14)12-13-7-5-4-6-8-13/h4-8,14-15H,3,9-12,18H2,1-2H3,(H,19,20). The summed E-state index contributed by atoms with van der Waals surface area (Å²) in [6, 6.07) is 10.6. The molecular weight excluding hydrogens is 248 g/mol. The van der Waals surface area contributed by atoms with E-state index in [1.807, 2.05) is 25.1 Å². The topological polar surface area (TPSA) is 55.1 Å². The van der Waals surface area contributed by atoms with E-state index in [2.05, 4.69) is 24.4 Å². The number of rotatable bonds is 7. The quantitative estimate of drug-likeness (QED) is 0.803. The van der Waals surface area contributed by atoms with Gasteiger partial charge in [0, 0.05) is 6.04 Å². The van der Waals surface area contributed by atoms with E-state index in [1.54, 1.807) is 0 Å². The van der Waals surface area contributed by atoms with Crippen molar-refractivity contribution in [3.05, 3.63) is 35.9 Å². The molecular formula is C17H26N2O. The Balaban J connectivity index is 1.98. The van der Waals surface area contributed by atoms with Crippen LogP contribution >= 0.6 is 0 Å². The Hall–Kier alpha value is -1.35. The summed E-state index contributed by atoms with van der Waals surface area (Å²) in [5, 5.41) is 3.19. The Bertz CT molecular complexity index is 438. The van der Waals surface area contributed by atoms with Gasteiger partial charge in [0.15, 0.2) is 0 Å². The van der Waals surface area contributed by atoms with E-state index in [0.717, 1.165) is 19.3 Å². The van der Waals surface area contributed by atoms with Crippen molar-refractivity contribution in [1.82, 2.24) is 5.32 Å². The van der Waals surface area contributed by atoms with Crippen LogP contribution in [0.4, 0.5) is 0 Å². The lowest BCUT2D eigenvalue weighted by molar-refractivity contribution is -0.126. The normalized spacial score (nSPS) is 19.1. The lowest BCUT2D eigenvalue weighted by atomic mass is 9.94. The second kappa shape index (κ2) is 6.40. The van der Waals surface area contributed by atoms with E-state index in [1.165, 1.54) is 18.4 Å².